The number of hydrogen-bond acceptors (Lipinski definition) is 1. The molecule has 0 amide bonds. The minimum Gasteiger partial charge on any atom is -0.486 e. The molecule has 0 spiro atoms. The lowest BCUT2D eigenvalue weighted by Gasteiger charge is -2.08. The molecule has 18 heavy (non-hydrogen) atoms. The molecule has 0 unspecified atom stereocenters. The predicted molar refractivity (Wildman–Crippen MR) is 72.5 cm³/mol. The summed E-state index contributed by atoms with van der Waals surface area (Å²) in [6, 6.07) is 9.86. The second kappa shape index (κ2) is 5.80. The van der Waals surface area contributed by atoms with E-state index in [2.05, 4.69) is 31.9 Å². The van der Waals surface area contributed by atoms with Gasteiger partial charge < -0.3 is 4.74 Å². The Kier molecular flexibility index (Phi) is 4.35. The SMILES string of the molecule is Fc1cc(Br)cc(OCc2ccc(Br)cc2)c1F. The molecule has 5 heteroatoms. The van der Waals surface area contributed by atoms with Crippen LogP contribution in [-0.2, 0) is 6.61 Å². The monoisotopic (exact) mass is 376 g/mol. The zero-order chi connectivity index (χ0) is 13.1. The van der Waals surface area contributed by atoms with Gasteiger partial charge in [-0.3, -0.25) is 0 Å². The average molecular weight is 378 g/mol. The number of benzene rings is 2. The van der Waals surface area contributed by atoms with Crippen molar-refractivity contribution in [2.75, 3.05) is 0 Å². The zero-order valence-corrected chi connectivity index (χ0v) is 12.3. The van der Waals surface area contributed by atoms with Gasteiger partial charge in [0.25, 0.3) is 0 Å². The van der Waals surface area contributed by atoms with E-state index in [1.54, 1.807) is 0 Å². The highest BCUT2D eigenvalue weighted by Gasteiger charge is 2.11. The van der Waals surface area contributed by atoms with Crippen LogP contribution < -0.4 is 4.74 Å². The summed E-state index contributed by atoms with van der Waals surface area (Å²) in [5.41, 5.74) is 0.873. The van der Waals surface area contributed by atoms with Gasteiger partial charge in [0, 0.05) is 8.95 Å². The Labute approximate surface area is 120 Å². The van der Waals surface area contributed by atoms with E-state index in [0.29, 0.717) is 4.47 Å². The van der Waals surface area contributed by atoms with Crippen LogP contribution in [0.5, 0.6) is 5.75 Å². The molecule has 0 fully saturated rings. The van der Waals surface area contributed by atoms with Gasteiger partial charge in [0.05, 0.1) is 0 Å². The van der Waals surface area contributed by atoms with Crippen LogP contribution in [0.4, 0.5) is 8.78 Å². The van der Waals surface area contributed by atoms with Crippen molar-refractivity contribution in [3.05, 3.63) is 62.5 Å². The van der Waals surface area contributed by atoms with Crippen LogP contribution in [0.25, 0.3) is 0 Å². The Hall–Kier alpha value is -0.940. The van der Waals surface area contributed by atoms with E-state index >= 15 is 0 Å². The summed E-state index contributed by atoms with van der Waals surface area (Å²) in [6.07, 6.45) is 0. The molecule has 0 radical (unpaired) electrons. The summed E-state index contributed by atoms with van der Waals surface area (Å²) in [4.78, 5) is 0. The van der Waals surface area contributed by atoms with Crippen molar-refractivity contribution in [3.63, 3.8) is 0 Å². The van der Waals surface area contributed by atoms with Crippen molar-refractivity contribution in [2.45, 2.75) is 6.61 Å². The van der Waals surface area contributed by atoms with Gasteiger partial charge in [-0.25, -0.2) is 4.39 Å². The van der Waals surface area contributed by atoms with Gasteiger partial charge in [-0.15, -0.1) is 0 Å². The topological polar surface area (TPSA) is 9.23 Å². The summed E-state index contributed by atoms with van der Waals surface area (Å²) in [7, 11) is 0. The summed E-state index contributed by atoms with van der Waals surface area (Å²) in [5.74, 6) is -2.02. The van der Waals surface area contributed by atoms with Gasteiger partial charge in [-0.05, 0) is 29.8 Å². The minimum absolute atomic E-state index is 0.107. The molecule has 1 nitrogen and oxygen atoms in total. The van der Waals surface area contributed by atoms with Gasteiger partial charge in [-0.1, -0.05) is 44.0 Å². The fourth-order valence-electron chi connectivity index (χ4n) is 1.38. The molecule has 0 atom stereocenters. The van der Waals surface area contributed by atoms with Crippen LogP contribution in [0.3, 0.4) is 0 Å². The average Bonchev–Trinajstić information content (AvgIpc) is 2.34. The molecular weight excluding hydrogens is 370 g/mol. The number of hydrogen-bond donors (Lipinski definition) is 0. The van der Waals surface area contributed by atoms with Gasteiger partial charge in [0.1, 0.15) is 6.61 Å². The maximum absolute atomic E-state index is 13.4. The Bertz CT molecular complexity index is 556. The molecule has 2 aromatic carbocycles. The highest BCUT2D eigenvalue weighted by Crippen LogP contribution is 2.26. The van der Waals surface area contributed by atoms with E-state index in [4.69, 9.17) is 4.74 Å². The molecule has 0 aliphatic heterocycles. The van der Waals surface area contributed by atoms with Crippen molar-refractivity contribution in [3.8, 4) is 5.75 Å². The van der Waals surface area contributed by atoms with Crippen LogP contribution in [0.2, 0.25) is 0 Å². The maximum Gasteiger partial charge on any atom is 0.200 e. The zero-order valence-electron chi connectivity index (χ0n) is 9.09. The molecule has 0 aliphatic rings. The lowest BCUT2D eigenvalue weighted by atomic mass is 10.2. The van der Waals surface area contributed by atoms with Crippen LogP contribution in [0.15, 0.2) is 45.3 Å². The molecule has 0 N–H and O–H groups in total. The minimum atomic E-state index is -0.977. The van der Waals surface area contributed by atoms with Crippen LogP contribution in [-0.4, -0.2) is 0 Å². The first-order valence-electron chi connectivity index (χ1n) is 5.08. The maximum atomic E-state index is 13.4. The van der Waals surface area contributed by atoms with Crippen LogP contribution >= 0.6 is 31.9 Å². The summed E-state index contributed by atoms with van der Waals surface area (Å²) < 4.78 is 33.2. The Balaban J connectivity index is 2.13. The number of rotatable bonds is 3. The molecule has 2 rings (SSSR count). The molecule has 0 bridgehead atoms. The van der Waals surface area contributed by atoms with Gasteiger partial charge in [-0.2, -0.15) is 4.39 Å². The van der Waals surface area contributed by atoms with E-state index in [-0.39, 0.29) is 12.4 Å². The predicted octanol–water partition coefficient (Wildman–Crippen LogP) is 5.07. The van der Waals surface area contributed by atoms with Crippen molar-refractivity contribution >= 4 is 31.9 Å². The third-order valence-corrected chi connectivity index (χ3v) is 3.25. The Morgan fingerprint density at radius 1 is 0.944 bits per heavy atom. The smallest absolute Gasteiger partial charge is 0.200 e. The lowest BCUT2D eigenvalue weighted by Crippen LogP contribution is -1.99. The molecule has 0 aromatic heterocycles. The number of ether oxygens (including phenoxy) is 1. The highest BCUT2D eigenvalue weighted by atomic mass is 79.9. The third-order valence-electron chi connectivity index (χ3n) is 2.27. The molecule has 94 valence electrons. The Morgan fingerprint density at radius 2 is 1.61 bits per heavy atom. The molecule has 0 heterocycles. The van der Waals surface area contributed by atoms with Crippen molar-refractivity contribution < 1.29 is 13.5 Å². The van der Waals surface area contributed by atoms with Crippen LogP contribution in [0.1, 0.15) is 5.56 Å². The first-order valence-corrected chi connectivity index (χ1v) is 6.66. The van der Waals surface area contributed by atoms with E-state index in [1.807, 2.05) is 24.3 Å². The van der Waals surface area contributed by atoms with E-state index < -0.39 is 11.6 Å². The highest BCUT2D eigenvalue weighted by molar-refractivity contribution is 9.10. The third kappa shape index (κ3) is 3.29. The Morgan fingerprint density at radius 3 is 2.28 bits per heavy atom. The summed E-state index contributed by atoms with van der Waals surface area (Å²) in [6.45, 7) is 0.181. The van der Waals surface area contributed by atoms with E-state index in [9.17, 15) is 8.78 Å². The van der Waals surface area contributed by atoms with Gasteiger partial charge in [0.15, 0.2) is 11.6 Å². The summed E-state index contributed by atoms with van der Waals surface area (Å²) >= 11 is 6.41. The van der Waals surface area contributed by atoms with E-state index in [0.717, 1.165) is 16.1 Å². The molecular formula is C13H8Br2F2O. The van der Waals surface area contributed by atoms with Gasteiger partial charge in [0.2, 0.25) is 5.82 Å². The molecule has 0 saturated heterocycles. The van der Waals surface area contributed by atoms with Crippen molar-refractivity contribution in [1.82, 2.24) is 0 Å². The van der Waals surface area contributed by atoms with Crippen LogP contribution in [0, 0.1) is 11.6 Å². The fourth-order valence-corrected chi connectivity index (χ4v) is 2.05. The first kappa shape index (κ1) is 13.5. The molecule has 0 saturated carbocycles. The number of halogens is 4. The van der Waals surface area contributed by atoms with Crippen molar-refractivity contribution in [1.29, 1.82) is 0 Å². The van der Waals surface area contributed by atoms with E-state index in [1.165, 1.54) is 6.07 Å². The molecule has 2 aromatic rings. The first-order chi connectivity index (χ1) is 8.56. The second-order valence-electron chi connectivity index (χ2n) is 3.61. The molecule has 0 aliphatic carbocycles. The quantitative estimate of drug-likeness (QED) is 0.678. The largest absolute Gasteiger partial charge is 0.486 e. The van der Waals surface area contributed by atoms with Gasteiger partial charge >= 0.3 is 0 Å². The lowest BCUT2D eigenvalue weighted by molar-refractivity contribution is 0.284. The normalized spacial score (nSPS) is 10.4. The van der Waals surface area contributed by atoms with Crippen molar-refractivity contribution in [2.24, 2.45) is 0 Å². The summed E-state index contributed by atoms with van der Waals surface area (Å²) in [5, 5.41) is 0. The fraction of sp³-hybridized carbons (Fsp3) is 0.0769. The second-order valence-corrected chi connectivity index (χ2v) is 5.45. The standard InChI is InChI=1S/C13H8Br2F2O/c14-9-3-1-8(2-4-9)7-18-12-6-10(15)5-11(16)13(12)17/h1-6H,7H2.